The maximum atomic E-state index is 12.8. The van der Waals surface area contributed by atoms with Gasteiger partial charge in [-0.2, -0.15) is 0 Å². The van der Waals surface area contributed by atoms with E-state index in [2.05, 4.69) is 35.0 Å². The molecule has 0 bridgehead atoms. The monoisotopic (exact) mass is 373 g/mol. The predicted octanol–water partition coefficient (Wildman–Crippen LogP) is 3.15. The van der Waals surface area contributed by atoms with Crippen LogP contribution in [0.1, 0.15) is 40.0 Å². The third-order valence-corrected chi connectivity index (χ3v) is 6.70. The van der Waals surface area contributed by atoms with Gasteiger partial charge in [-0.25, -0.2) is 0 Å². The standard InChI is InChI=1S/C22H35N3O2/c1-16-8-7-9-19(17(16)2)23-22(26)18(3)24-12-14-25(15-13-24)20-10-5-6-11-21(20)27-4/h5-6,10-11,16-19H,7-9,12-15H2,1-4H3,(H,23,26)/t16-,17-,18-,19+/m1/s1. The van der Waals surface area contributed by atoms with Gasteiger partial charge < -0.3 is 15.0 Å². The van der Waals surface area contributed by atoms with E-state index < -0.39 is 0 Å². The fourth-order valence-corrected chi connectivity index (χ4v) is 4.50. The fourth-order valence-electron chi connectivity index (χ4n) is 4.50. The van der Waals surface area contributed by atoms with E-state index in [1.165, 1.54) is 12.8 Å². The van der Waals surface area contributed by atoms with Crippen LogP contribution < -0.4 is 15.0 Å². The molecule has 150 valence electrons. The summed E-state index contributed by atoms with van der Waals surface area (Å²) in [6.45, 7) is 10.2. The molecule has 4 atom stereocenters. The van der Waals surface area contributed by atoms with Crippen molar-refractivity contribution in [3.05, 3.63) is 24.3 Å². The number of hydrogen-bond donors (Lipinski definition) is 1. The molecule has 5 heteroatoms. The van der Waals surface area contributed by atoms with Crippen LogP contribution in [0.15, 0.2) is 24.3 Å². The Morgan fingerprint density at radius 2 is 1.85 bits per heavy atom. The summed E-state index contributed by atoms with van der Waals surface area (Å²) in [6, 6.07) is 8.42. The number of benzene rings is 1. The van der Waals surface area contributed by atoms with Crippen molar-refractivity contribution in [1.29, 1.82) is 0 Å². The Morgan fingerprint density at radius 3 is 2.56 bits per heavy atom. The molecule has 0 spiro atoms. The number of methoxy groups -OCH3 is 1. The number of anilines is 1. The minimum atomic E-state index is -0.0748. The first-order valence-electron chi connectivity index (χ1n) is 10.4. The van der Waals surface area contributed by atoms with Gasteiger partial charge in [0, 0.05) is 32.2 Å². The van der Waals surface area contributed by atoms with E-state index in [9.17, 15) is 4.79 Å². The number of nitrogens with zero attached hydrogens (tertiary/aromatic N) is 2. The van der Waals surface area contributed by atoms with Crippen molar-refractivity contribution in [1.82, 2.24) is 10.2 Å². The Kier molecular flexibility index (Phi) is 6.64. The van der Waals surface area contributed by atoms with Crippen molar-refractivity contribution in [3.8, 4) is 5.75 Å². The van der Waals surface area contributed by atoms with E-state index in [1.807, 2.05) is 25.1 Å². The van der Waals surface area contributed by atoms with Crippen LogP contribution in [0, 0.1) is 11.8 Å². The second-order valence-corrected chi connectivity index (χ2v) is 8.25. The van der Waals surface area contributed by atoms with Gasteiger partial charge in [0.2, 0.25) is 5.91 Å². The Morgan fingerprint density at radius 1 is 1.15 bits per heavy atom. The lowest BCUT2D eigenvalue weighted by Gasteiger charge is -2.40. The molecule has 1 aromatic rings. The molecule has 0 aromatic heterocycles. The molecule has 1 aromatic carbocycles. The SMILES string of the molecule is COc1ccccc1N1CCN([C@H](C)C(=O)N[C@H]2CCC[C@@H](C)[C@H]2C)CC1. The first-order chi connectivity index (χ1) is 13.0. The quantitative estimate of drug-likeness (QED) is 0.861. The Bertz CT molecular complexity index is 628. The number of rotatable bonds is 5. The number of para-hydroxylation sites is 2. The number of amides is 1. The number of carbonyl (C=O) groups is 1. The smallest absolute Gasteiger partial charge is 0.237 e. The topological polar surface area (TPSA) is 44.8 Å². The summed E-state index contributed by atoms with van der Waals surface area (Å²) < 4.78 is 5.49. The zero-order chi connectivity index (χ0) is 19.4. The van der Waals surface area contributed by atoms with Gasteiger partial charge in [-0.3, -0.25) is 9.69 Å². The molecule has 2 fully saturated rings. The summed E-state index contributed by atoms with van der Waals surface area (Å²) in [5.74, 6) is 2.37. The molecule has 1 amide bonds. The summed E-state index contributed by atoms with van der Waals surface area (Å²) in [6.07, 6.45) is 3.63. The van der Waals surface area contributed by atoms with Crippen LogP contribution in [-0.2, 0) is 4.79 Å². The van der Waals surface area contributed by atoms with Gasteiger partial charge in [-0.1, -0.05) is 38.8 Å². The van der Waals surface area contributed by atoms with Gasteiger partial charge in [0.25, 0.3) is 0 Å². The average Bonchev–Trinajstić information content (AvgIpc) is 2.71. The van der Waals surface area contributed by atoms with Gasteiger partial charge in [-0.05, 0) is 37.3 Å². The van der Waals surface area contributed by atoms with E-state index in [1.54, 1.807) is 7.11 Å². The zero-order valence-electron chi connectivity index (χ0n) is 17.3. The van der Waals surface area contributed by atoms with Crippen LogP contribution in [0.25, 0.3) is 0 Å². The molecule has 1 saturated carbocycles. The lowest BCUT2D eigenvalue weighted by Crippen LogP contribution is -2.56. The highest BCUT2D eigenvalue weighted by molar-refractivity contribution is 5.81. The van der Waals surface area contributed by atoms with Gasteiger partial charge in [-0.15, -0.1) is 0 Å². The van der Waals surface area contributed by atoms with E-state index in [0.29, 0.717) is 17.9 Å². The molecule has 3 rings (SSSR count). The largest absolute Gasteiger partial charge is 0.495 e. The van der Waals surface area contributed by atoms with Gasteiger partial charge in [0.15, 0.2) is 0 Å². The summed E-state index contributed by atoms with van der Waals surface area (Å²) >= 11 is 0. The normalized spacial score (nSPS) is 27.9. The number of piperazine rings is 1. The van der Waals surface area contributed by atoms with Gasteiger partial charge in [0.1, 0.15) is 5.75 Å². The average molecular weight is 374 g/mol. The first-order valence-corrected chi connectivity index (χ1v) is 10.4. The molecular weight excluding hydrogens is 338 g/mol. The summed E-state index contributed by atoms with van der Waals surface area (Å²) in [5, 5.41) is 3.34. The Hall–Kier alpha value is -1.75. The van der Waals surface area contributed by atoms with Crippen LogP contribution in [0.2, 0.25) is 0 Å². The van der Waals surface area contributed by atoms with Gasteiger partial charge >= 0.3 is 0 Å². The highest BCUT2D eigenvalue weighted by Crippen LogP contribution is 2.30. The molecule has 2 aliphatic rings. The first kappa shape index (κ1) is 20.0. The molecular formula is C22H35N3O2. The maximum absolute atomic E-state index is 12.8. The third-order valence-electron chi connectivity index (χ3n) is 6.70. The number of ether oxygens (including phenoxy) is 1. The molecule has 1 saturated heterocycles. The van der Waals surface area contributed by atoms with Crippen LogP contribution in [0.5, 0.6) is 5.75 Å². The molecule has 1 N–H and O–H groups in total. The van der Waals surface area contributed by atoms with Crippen LogP contribution in [0.4, 0.5) is 5.69 Å². The van der Waals surface area contributed by atoms with Crippen LogP contribution >= 0.6 is 0 Å². The van der Waals surface area contributed by atoms with Crippen molar-refractivity contribution < 1.29 is 9.53 Å². The van der Waals surface area contributed by atoms with E-state index >= 15 is 0 Å². The van der Waals surface area contributed by atoms with E-state index in [-0.39, 0.29) is 11.9 Å². The van der Waals surface area contributed by atoms with Crippen molar-refractivity contribution in [3.63, 3.8) is 0 Å². The Balaban J connectivity index is 1.53. The minimum absolute atomic E-state index is 0.0748. The summed E-state index contributed by atoms with van der Waals surface area (Å²) in [5.41, 5.74) is 1.14. The molecule has 1 aliphatic carbocycles. The van der Waals surface area contributed by atoms with E-state index in [4.69, 9.17) is 4.74 Å². The maximum Gasteiger partial charge on any atom is 0.237 e. The highest BCUT2D eigenvalue weighted by Gasteiger charge is 2.31. The lowest BCUT2D eigenvalue weighted by atomic mass is 9.78. The number of nitrogens with one attached hydrogen (secondary N) is 1. The number of carbonyl (C=O) groups excluding carboxylic acids is 1. The second-order valence-electron chi connectivity index (χ2n) is 8.25. The molecule has 27 heavy (non-hydrogen) atoms. The molecule has 1 heterocycles. The predicted molar refractivity (Wildman–Crippen MR) is 110 cm³/mol. The molecule has 0 unspecified atom stereocenters. The zero-order valence-corrected chi connectivity index (χ0v) is 17.3. The van der Waals surface area contributed by atoms with Gasteiger partial charge in [0.05, 0.1) is 18.8 Å². The fraction of sp³-hybridized carbons (Fsp3) is 0.682. The molecule has 1 aliphatic heterocycles. The molecule has 0 radical (unpaired) electrons. The molecule has 5 nitrogen and oxygen atoms in total. The van der Waals surface area contributed by atoms with Crippen molar-refractivity contribution in [2.75, 3.05) is 38.2 Å². The van der Waals surface area contributed by atoms with Crippen molar-refractivity contribution in [2.24, 2.45) is 11.8 Å². The minimum Gasteiger partial charge on any atom is -0.495 e. The lowest BCUT2D eigenvalue weighted by molar-refractivity contribution is -0.127. The summed E-state index contributed by atoms with van der Waals surface area (Å²) in [7, 11) is 1.72. The third kappa shape index (κ3) is 4.57. The Labute approximate surface area is 164 Å². The number of hydrogen-bond acceptors (Lipinski definition) is 4. The second kappa shape index (κ2) is 8.96. The van der Waals surface area contributed by atoms with Crippen LogP contribution in [0.3, 0.4) is 0 Å². The van der Waals surface area contributed by atoms with E-state index in [0.717, 1.165) is 44.0 Å². The van der Waals surface area contributed by atoms with Crippen molar-refractivity contribution in [2.45, 2.75) is 52.1 Å². The van der Waals surface area contributed by atoms with Crippen molar-refractivity contribution >= 4 is 11.6 Å². The highest BCUT2D eigenvalue weighted by atomic mass is 16.5. The summed E-state index contributed by atoms with van der Waals surface area (Å²) in [4.78, 5) is 17.5. The van der Waals surface area contributed by atoms with Crippen LogP contribution in [-0.4, -0.2) is 56.2 Å².